The summed E-state index contributed by atoms with van der Waals surface area (Å²) in [6.07, 6.45) is 0. The molecule has 0 saturated heterocycles. The highest BCUT2D eigenvalue weighted by Gasteiger charge is 2.15. The molecule has 0 unspecified atom stereocenters. The number of carbonyl (C=O) groups is 1. The van der Waals surface area contributed by atoms with Crippen molar-refractivity contribution in [3.63, 3.8) is 0 Å². The van der Waals surface area contributed by atoms with E-state index in [0.29, 0.717) is 11.3 Å². The Kier molecular flexibility index (Phi) is 3.22. The second-order valence-corrected chi connectivity index (χ2v) is 5.80. The Hall–Kier alpha value is -1.87. The minimum atomic E-state index is -0.0885. The van der Waals surface area contributed by atoms with E-state index in [2.05, 4.69) is 15.9 Å². The zero-order chi connectivity index (χ0) is 14.3. The molecule has 0 aliphatic heterocycles. The average molecular weight is 329 g/mol. The van der Waals surface area contributed by atoms with Crippen LogP contribution >= 0.6 is 15.9 Å². The number of hydrogen-bond acceptors (Lipinski definition) is 2. The molecule has 1 heterocycles. The molecule has 0 aliphatic rings. The number of carbonyl (C=O) groups excluding carboxylic acids is 1. The second kappa shape index (κ2) is 4.91. The number of hydrogen-bond donors (Lipinski definition) is 0. The van der Waals surface area contributed by atoms with E-state index in [9.17, 15) is 4.79 Å². The fourth-order valence-corrected chi connectivity index (χ4v) is 2.45. The average Bonchev–Trinajstić information content (AvgIpc) is 2.84. The zero-order valence-electron chi connectivity index (χ0n) is 11.2. The van der Waals surface area contributed by atoms with Crippen molar-refractivity contribution in [1.29, 1.82) is 0 Å². The normalized spacial score (nSPS) is 10.9. The summed E-state index contributed by atoms with van der Waals surface area (Å²) in [5.74, 6) is 0.293. The summed E-state index contributed by atoms with van der Waals surface area (Å²) < 4.78 is 6.64. The number of halogens is 1. The number of rotatable bonds is 2. The van der Waals surface area contributed by atoms with Gasteiger partial charge in [-0.2, -0.15) is 0 Å². The molecule has 0 bridgehead atoms. The Balaban J connectivity index is 2.05. The van der Waals surface area contributed by atoms with Gasteiger partial charge >= 0.3 is 0 Å². The highest BCUT2D eigenvalue weighted by Crippen LogP contribution is 2.24. The largest absolute Gasteiger partial charge is 0.453 e. The number of benzene rings is 2. The Morgan fingerprint density at radius 3 is 2.60 bits per heavy atom. The van der Waals surface area contributed by atoms with Gasteiger partial charge in [0.25, 0.3) is 0 Å². The van der Waals surface area contributed by atoms with Crippen molar-refractivity contribution < 1.29 is 9.21 Å². The fraction of sp³-hybridized carbons (Fsp3) is 0.118. The summed E-state index contributed by atoms with van der Waals surface area (Å²) in [6, 6.07) is 13.3. The van der Waals surface area contributed by atoms with Crippen molar-refractivity contribution in [3.8, 4) is 0 Å². The fourth-order valence-electron chi connectivity index (χ4n) is 2.20. The molecular weight excluding hydrogens is 316 g/mol. The minimum absolute atomic E-state index is 0.0885. The van der Waals surface area contributed by atoms with Crippen LogP contribution in [0.25, 0.3) is 11.0 Å². The smallest absolute Gasteiger partial charge is 0.228 e. The van der Waals surface area contributed by atoms with Gasteiger partial charge in [0.2, 0.25) is 5.78 Å². The molecule has 1 aromatic heterocycles. The molecule has 3 aromatic rings. The third-order valence-electron chi connectivity index (χ3n) is 3.32. The molecule has 0 saturated carbocycles. The lowest BCUT2D eigenvalue weighted by atomic mass is 10.1. The predicted molar refractivity (Wildman–Crippen MR) is 83.3 cm³/mol. The van der Waals surface area contributed by atoms with Gasteiger partial charge in [0.05, 0.1) is 0 Å². The summed E-state index contributed by atoms with van der Waals surface area (Å²) in [5.41, 5.74) is 3.56. The predicted octanol–water partition coefficient (Wildman–Crippen LogP) is 5.04. The van der Waals surface area contributed by atoms with Crippen LogP contribution in [0.4, 0.5) is 0 Å². The maximum absolute atomic E-state index is 12.5. The summed E-state index contributed by atoms with van der Waals surface area (Å²) in [5, 5.41) is 0.960. The molecule has 0 radical (unpaired) electrons. The van der Waals surface area contributed by atoms with E-state index in [1.165, 1.54) is 0 Å². The quantitative estimate of drug-likeness (QED) is 0.616. The van der Waals surface area contributed by atoms with Crippen LogP contribution in [0, 0.1) is 13.8 Å². The minimum Gasteiger partial charge on any atom is -0.453 e. The summed E-state index contributed by atoms with van der Waals surface area (Å²) in [4.78, 5) is 12.5. The van der Waals surface area contributed by atoms with E-state index in [0.717, 1.165) is 26.6 Å². The molecule has 0 fully saturated rings. The number of aryl methyl sites for hydroxylation is 2. The molecule has 0 amide bonds. The molecule has 20 heavy (non-hydrogen) atoms. The van der Waals surface area contributed by atoms with Crippen LogP contribution in [0.3, 0.4) is 0 Å². The molecule has 100 valence electrons. The highest BCUT2D eigenvalue weighted by molar-refractivity contribution is 9.10. The third-order valence-corrected chi connectivity index (χ3v) is 4.21. The van der Waals surface area contributed by atoms with Crippen LogP contribution in [0.15, 0.2) is 51.4 Å². The van der Waals surface area contributed by atoms with Crippen LogP contribution < -0.4 is 0 Å². The van der Waals surface area contributed by atoms with Crippen LogP contribution in [-0.4, -0.2) is 5.78 Å². The molecule has 3 rings (SSSR count). The Morgan fingerprint density at radius 2 is 1.85 bits per heavy atom. The van der Waals surface area contributed by atoms with E-state index in [-0.39, 0.29) is 5.78 Å². The summed E-state index contributed by atoms with van der Waals surface area (Å²) >= 11 is 3.44. The first kappa shape index (κ1) is 13.1. The van der Waals surface area contributed by atoms with Crippen LogP contribution in [0.5, 0.6) is 0 Å². The number of fused-ring (bicyclic) bond motifs is 1. The first-order valence-corrected chi connectivity index (χ1v) is 7.15. The van der Waals surface area contributed by atoms with Gasteiger partial charge < -0.3 is 4.42 Å². The zero-order valence-corrected chi connectivity index (χ0v) is 12.8. The van der Waals surface area contributed by atoms with Gasteiger partial charge in [-0.25, -0.2) is 0 Å². The molecular formula is C17H13BrO2. The van der Waals surface area contributed by atoms with E-state index < -0.39 is 0 Å². The van der Waals surface area contributed by atoms with Gasteiger partial charge in [-0.1, -0.05) is 27.6 Å². The number of furan rings is 1. The maximum Gasteiger partial charge on any atom is 0.228 e. The van der Waals surface area contributed by atoms with Crippen molar-refractivity contribution in [2.45, 2.75) is 13.8 Å². The van der Waals surface area contributed by atoms with Gasteiger partial charge in [0.15, 0.2) is 5.76 Å². The third kappa shape index (κ3) is 2.29. The monoisotopic (exact) mass is 328 g/mol. The summed E-state index contributed by atoms with van der Waals surface area (Å²) in [6.45, 7) is 3.98. The lowest BCUT2D eigenvalue weighted by Crippen LogP contribution is -1.99. The second-order valence-electron chi connectivity index (χ2n) is 4.95. The maximum atomic E-state index is 12.5. The molecule has 0 aliphatic carbocycles. The van der Waals surface area contributed by atoms with Gasteiger partial charge in [-0.3, -0.25) is 4.79 Å². The van der Waals surface area contributed by atoms with Crippen molar-refractivity contribution in [1.82, 2.24) is 0 Å². The first-order chi connectivity index (χ1) is 9.54. The van der Waals surface area contributed by atoms with Crippen molar-refractivity contribution in [2.24, 2.45) is 0 Å². The summed E-state index contributed by atoms with van der Waals surface area (Å²) in [7, 11) is 0. The van der Waals surface area contributed by atoms with Crippen LogP contribution in [-0.2, 0) is 0 Å². The molecule has 2 nitrogen and oxygen atoms in total. The van der Waals surface area contributed by atoms with Crippen molar-refractivity contribution >= 4 is 32.7 Å². The van der Waals surface area contributed by atoms with Gasteiger partial charge in [0, 0.05) is 15.4 Å². The molecule has 0 atom stereocenters. The van der Waals surface area contributed by atoms with Gasteiger partial charge in [0.1, 0.15) is 5.58 Å². The van der Waals surface area contributed by atoms with E-state index in [4.69, 9.17) is 4.42 Å². The van der Waals surface area contributed by atoms with Gasteiger partial charge in [-0.15, -0.1) is 0 Å². The van der Waals surface area contributed by atoms with E-state index in [1.54, 1.807) is 6.07 Å². The Bertz CT molecular complexity index is 815. The van der Waals surface area contributed by atoms with E-state index in [1.807, 2.05) is 50.2 Å². The highest BCUT2D eigenvalue weighted by atomic mass is 79.9. The van der Waals surface area contributed by atoms with Gasteiger partial charge in [-0.05, 0) is 55.8 Å². The molecule has 3 heteroatoms. The SMILES string of the molecule is Cc1ccc2oc(C(=O)c3ccc(Br)c(C)c3)cc2c1. The Morgan fingerprint density at radius 1 is 1.05 bits per heavy atom. The lowest BCUT2D eigenvalue weighted by molar-refractivity contribution is 0.101. The van der Waals surface area contributed by atoms with E-state index >= 15 is 0 Å². The topological polar surface area (TPSA) is 30.2 Å². The first-order valence-electron chi connectivity index (χ1n) is 6.35. The lowest BCUT2D eigenvalue weighted by Gasteiger charge is -2.01. The number of ketones is 1. The Labute approximate surface area is 125 Å². The van der Waals surface area contributed by atoms with Crippen molar-refractivity contribution in [2.75, 3.05) is 0 Å². The molecule has 0 spiro atoms. The van der Waals surface area contributed by atoms with Crippen LogP contribution in [0.1, 0.15) is 27.2 Å². The molecule has 0 N–H and O–H groups in total. The van der Waals surface area contributed by atoms with Crippen molar-refractivity contribution in [3.05, 3.63) is 69.4 Å². The standard InChI is InChI=1S/C17H13BrO2/c1-10-3-6-15-13(7-10)9-16(20-15)17(19)12-4-5-14(18)11(2)8-12/h3-9H,1-2H3. The van der Waals surface area contributed by atoms with Crippen LogP contribution in [0.2, 0.25) is 0 Å². The molecule has 2 aromatic carbocycles.